The Hall–Kier alpha value is -1.28. The summed E-state index contributed by atoms with van der Waals surface area (Å²) in [6.45, 7) is 2.99. The number of hydrogen-bond acceptors (Lipinski definition) is 3. The molecule has 0 spiro atoms. The van der Waals surface area contributed by atoms with Crippen molar-refractivity contribution in [1.29, 1.82) is 0 Å². The SMILES string of the molecule is CN=C(NCCc1cc2ccccc2o1)N1CC2C3CCC(O3)C2C1.I. The van der Waals surface area contributed by atoms with E-state index in [4.69, 9.17) is 9.15 Å². The Kier molecular flexibility index (Phi) is 5.14. The van der Waals surface area contributed by atoms with E-state index in [0.29, 0.717) is 24.0 Å². The van der Waals surface area contributed by atoms with E-state index in [-0.39, 0.29) is 24.0 Å². The molecule has 5 nitrogen and oxygen atoms in total. The molecular weight excluding hydrogens is 441 g/mol. The van der Waals surface area contributed by atoms with E-state index >= 15 is 0 Å². The molecule has 3 saturated heterocycles. The summed E-state index contributed by atoms with van der Waals surface area (Å²) in [5, 5.41) is 4.69. The lowest BCUT2D eigenvalue weighted by Crippen LogP contribution is -2.42. The van der Waals surface area contributed by atoms with E-state index in [0.717, 1.165) is 43.4 Å². The molecule has 6 heteroatoms. The normalized spacial score (nSPS) is 29.9. The van der Waals surface area contributed by atoms with E-state index in [1.807, 2.05) is 25.2 Å². The minimum absolute atomic E-state index is 0. The van der Waals surface area contributed by atoms with Gasteiger partial charge in [0.2, 0.25) is 0 Å². The Labute approximate surface area is 171 Å². The average molecular weight is 467 g/mol. The number of aliphatic imine (C=N–C) groups is 1. The zero-order valence-electron chi connectivity index (χ0n) is 15.1. The highest BCUT2D eigenvalue weighted by Gasteiger charge is 2.53. The number of nitrogens with zero attached hydrogens (tertiary/aromatic N) is 2. The molecule has 1 aromatic carbocycles. The molecule has 0 aliphatic carbocycles. The van der Waals surface area contributed by atoms with Crippen molar-refractivity contribution in [2.75, 3.05) is 26.7 Å². The first kappa shape index (κ1) is 18.1. The predicted molar refractivity (Wildman–Crippen MR) is 113 cm³/mol. The number of rotatable bonds is 3. The second-order valence-corrected chi connectivity index (χ2v) is 7.50. The third-order valence-corrected chi connectivity index (χ3v) is 6.10. The summed E-state index contributed by atoms with van der Waals surface area (Å²) in [4.78, 5) is 6.92. The summed E-state index contributed by atoms with van der Waals surface area (Å²) in [5.41, 5.74) is 0.963. The van der Waals surface area contributed by atoms with Crippen LogP contribution in [0.5, 0.6) is 0 Å². The fourth-order valence-electron chi connectivity index (χ4n) is 4.92. The zero-order chi connectivity index (χ0) is 16.8. The number of para-hydroxylation sites is 1. The summed E-state index contributed by atoms with van der Waals surface area (Å²) in [6, 6.07) is 10.3. The molecule has 140 valence electrons. The Bertz CT molecular complexity index is 754. The average Bonchev–Trinajstić information content (AvgIpc) is 3.39. The number of fused-ring (bicyclic) bond motifs is 6. The number of likely N-dealkylation sites (tertiary alicyclic amines) is 1. The second-order valence-electron chi connectivity index (χ2n) is 7.50. The fraction of sp³-hybridized carbons (Fsp3) is 0.550. The van der Waals surface area contributed by atoms with Gasteiger partial charge in [-0.15, -0.1) is 24.0 Å². The number of hydrogen-bond donors (Lipinski definition) is 1. The number of halogens is 1. The monoisotopic (exact) mass is 467 g/mol. The molecule has 4 unspecified atom stereocenters. The van der Waals surface area contributed by atoms with Gasteiger partial charge in [-0.2, -0.15) is 0 Å². The van der Waals surface area contributed by atoms with Crippen LogP contribution in [-0.2, 0) is 11.2 Å². The Morgan fingerprint density at radius 1 is 1.19 bits per heavy atom. The molecule has 26 heavy (non-hydrogen) atoms. The van der Waals surface area contributed by atoms with Crippen LogP contribution in [0, 0.1) is 11.8 Å². The van der Waals surface area contributed by atoms with Gasteiger partial charge in [0.1, 0.15) is 11.3 Å². The van der Waals surface area contributed by atoms with Crippen LogP contribution in [0.4, 0.5) is 0 Å². The van der Waals surface area contributed by atoms with Crippen molar-refractivity contribution < 1.29 is 9.15 Å². The minimum atomic E-state index is 0. The summed E-state index contributed by atoms with van der Waals surface area (Å²) >= 11 is 0. The number of benzene rings is 1. The van der Waals surface area contributed by atoms with Crippen LogP contribution >= 0.6 is 24.0 Å². The third kappa shape index (κ3) is 3.11. The zero-order valence-corrected chi connectivity index (χ0v) is 17.4. The summed E-state index contributed by atoms with van der Waals surface area (Å²) in [7, 11) is 1.88. The standard InChI is InChI=1S/C20H25N3O2.HI/c1-21-20(23-11-15-16(12-23)19-7-6-18(15)25-19)22-9-8-14-10-13-4-2-3-5-17(13)24-14;/h2-5,10,15-16,18-19H,6-9,11-12H2,1H3,(H,21,22);1H. The third-order valence-electron chi connectivity index (χ3n) is 6.10. The molecule has 5 rings (SSSR count). The van der Waals surface area contributed by atoms with Crippen LogP contribution in [0.3, 0.4) is 0 Å². The van der Waals surface area contributed by atoms with Crippen molar-refractivity contribution in [2.24, 2.45) is 16.8 Å². The van der Waals surface area contributed by atoms with Gasteiger partial charge in [0.15, 0.2) is 5.96 Å². The van der Waals surface area contributed by atoms with Gasteiger partial charge in [-0.05, 0) is 25.0 Å². The van der Waals surface area contributed by atoms with Crippen molar-refractivity contribution >= 4 is 40.9 Å². The van der Waals surface area contributed by atoms with Crippen molar-refractivity contribution in [3.63, 3.8) is 0 Å². The number of furan rings is 1. The van der Waals surface area contributed by atoms with Crippen LogP contribution in [0.15, 0.2) is 39.7 Å². The molecule has 4 atom stereocenters. The molecule has 3 aliphatic heterocycles. The Balaban J connectivity index is 0.00000168. The number of ether oxygens (including phenoxy) is 1. The van der Waals surface area contributed by atoms with E-state index in [1.165, 1.54) is 18.2 Å². The van der Waals surface area contributed by atoms with Crippen molar-refractivity contribution in [3.05, 3.63) is 36.1 Å². The molecule has 2 bridgehead atoms. The maximum Gasteiger partial charge on any atom is 0.193 e. The summed E-state index contributed by atoms with van der Waals surface area (Å²) in [6.07, 6.45) is 4.35. The van der Waals surface area contributed by atoms with Gasteiger partial charge >= 0.3 is 0 Å². The van der Waals surface area contributed by atoms with Crippen LogP contribution in [0.1, 0.15) is 18.6 Å². The summed E-state index contributed by atoms with van der Waals surface area (Å²) < 4.78 is 12.0. The van der Waals surface area contributed by atoms with E-state index < -0.39 is 0 Å². The maximum atomic E-state index is 6.07. The van der Waals surface area contributed by atoms with Crippen LogP contribution in [0.2, 0.25) is 0 Å². The van der Waals surface area contributed by atoms with Gasteiger partial charge < -0.3 is 19.4 Å². The largest absolute Gasteiger partial charge is 0.461 e. The molecule has 0 amide bonds. The number of guanidine groups is 1. The van der Waals surface area contributed by atoms with Gasteiger partial charge in [0.05, 0.1) is 12.2 Å². The second kappa shape index (κ2) is 7.38. The van der Waals surface area contributed by atoms with E-state index in [1.54, 1.807) is 0 Å². The van der Waals surface area contributed by atoms with Crippen molar-refractivity contribution in [2.45, 2.75) is 31.5 Å². The molecule has 1 N–H and O–H groups in total. The molecular formula is C20H26IN3O2. The van der Waals surface area contributed by atoms with Crippen molar-refractivity contribution in [3.8, 4) is 0 Å². The molecule has 0 radical (unpaired) electrons. The van der Waals surface area contributed by atoms with Gasteiger partial charge in [-0.1, -0.05) is 18.2 Å². The quantitative estimate of drug-likeness (QED) is 0.428. The molecule has 2 aromatic rings. The molecule has 3 aliphatic rings. The van der Waals surface area contributed by atoms with Crippen LogP contribution in [0.25, 0.3) is 11.0 Å². The number of nitrogens with one attached hydrogen (secondary N) is 1. The molecule has 1 aromatic heterocycles. The molecule has 4 heterocycles. The van der Waals surface area contributed by atoms with Crippen molar-refractivity contribution in [1.82, 2.24) is 10.2 Å². The first-order valence-electron chi connectivity index (χ1n) is 9.40. The highest BCUT2D eigenvalue weighted by Crippen LogP contribution is 2.47. The van der Waals surface area contributed by atoms with E-state index in [2.05, 4.69) is 27.3 Å². The lowest BCUT2D eigenvalue weighted by Gasteiger charge is -2.23. The maximum absolute atomic E-state index is 6.07. The molecule has 3 fully saturated rings. The van der Waals surface area contributed by atoms with Gasteiger partial charge in [0, 0.05) is 50.3 Å². The smallest absolute Gasteiger partial charge is 0.193 e. The first-order chi connectivity index (χ1) is 12.3. The first-order valence-corrected chi connectivity index (χ1v) is 9.40. The fourth-order valence-corrected chi connectivity index (χ4v) is 4.92. The summed E-state index contributed by atoms with van der Waals surface area (Å²) in [5.74, 6) is 3.44. The Morgan fingerprint density at radius 2 is 1.92 bits per heavy atom. The van der Waals surface area contributed by atoms with Gasteiger partial charge in [0.25, 0.3) is 0 Å². The van der Waals surface area contributed by atoms with E-state index in [9.17, 15) is 0 Å². The lowest BCUT2D eigenvalue weighted by molar-refractivity contribution is 0.0767. The van der Waals surface area contributed by atoms with Crippen LogP contribution < -0.4 is 5.32 Å². The Morgan fingerprint density at radius 3 is 2.62 bits per heavy atom. The topological polar surface area (TPSA) is 50.0 Å². The lowest BCUT2D eigenvalue weighted by atomic mass is 9.82. The predicted octanol–water partition coefficient (Wildman–Crippen LogP) is 3.28. The highest BCUT2D eigenvalue weighted by atomic mass is 127. The minimum Gasteiger partial charge on any atom is -0.461 e. The van der Waals surface area contributed by atoms with Gasteiger partial charge in [-0.3, -0.25) is 4.99 Å². The highest BCUT2D eigenvalue weighted by molar-refractivity contribution is 14.0. The molecule has 0 saturated carbocycles. The van der Waals surface area contributed by atoms with Gasteiger partial charge in [-0.25, -0.2) is 0 Å². The van der Waals surface area contributed by atoms with Crippen LogP contribution in [-0.4, -0.2) is 49.7 Å².